The molecule has 1 aliphatic rings. The van der Waals surface area contributed by atoms with Gasteiger partial charge in [0.25, 0.3) is 5.91 Å². The highest BCUT2D eigenvalue weighted by Gasteiger charge is 2.37. The summed E-state index contributed by atoms with van der Waals surface area (Å²) in [6.45, 7) is 1.57. The Balaban J connectivity index is 1.54. The van der Waals surface area contributed by atoms with Crippen molar-refractivity contribution in [2.75, 3.05) is 26.2 Å². The minimum Gasteiger partial charge on any atom is -0.336 e. The molecule has 0 aliphatic carbocycles. The molecular formula is C25H22F4N2O. The summed E-state index contributed by atoms with van der Waals surface area (Å²) in [5.74, 6) is -0.935. The molecule has 0 saturated carbocycles. The van der Waals surface area contributed by atoms with Crippen LogP contribution in [0.25, 0.3) is 0 Å². The highest BCUT2D eigenvalue weighted by Crippen LogP contribution is 2.33. The molecule has 1 fully saturated rings. The van der Waals surface area contributed by atoms with Gasteiger partial charge in [-0.15, -0.1) is 0 Å². The normalized spacial score (nSPS) is 16.1. The maximum absolute atomic E-state index is 13.5. The Bertz CT molecular complexity index is 1060. The van der Waals surface area contributed by atoms with E-state index in [-0.39, 0.29) is 17.4 Å². The molecule has 4 rings (SSSR count). The van der Waals surface area contributed by atoms with Crippen LogP contribution in [0.4, 0.5) is 17.6 Å². The van der Waals surface area contributed by atoms with Crippen molar-refractivity contribution >= 4 is 5.91 Å². The Hall–Kier alpha value is -3.19. The van der Waals surface area contributed by atoms with Crippen LogP contribution in [-0.2, 0) is 6.18 Å². The molecule has 7 heteroatoms. The number of carbonyl (C=O) groups is 1. The van der Waals surface area contributed by atoms with Crippen molar-refractivity contribution in [2.24, 2.45) is 0 Å². The van der Waals surface area contributed by atoms with Crippen LogP contribution in [0.1, 0.15) is 33.1 Å². The number of amides is 1. The molecule has 1 saturated heterocycles. The molecule has 0 aromatic heterocycles. The molecular weight excluding hydrogens is 420 g/mol. The smallest absolute Gasteiger partial charge is 0.336 e. The van der Waals surface area contributed by atoms with Crippen LogP contribution in [0.2, 0.25) is 0 Å². The van der Waals surface area contributed by atoms with Gasteiger partial charge in [-0.25, -0.2) is 4.39 Å². The maximum Gasteiger partial charge on any atom is 0.417 e. The summed E-state index contributed by atoms with van der Waals surface area (Å²) >= 11 is 0. The van der Waals surface area contributed by atoms with Crippen LogP contribution in [-0.4, -0.2) is 41.9 Å². The van der Waals surface area contributed by atoms with Gasteiger partial charge in [0.05, 0.1) is 17.2 Å². The molecule has 0 bridgehead atoms. The lowest BCUT2D eigenvalue weighted by molar-refractivity contribution is -0.138. The third-order valence-corrected chi connectivity index (χ3v) is 5.73. The molecule has 3 aromatic carbocycles. The number of rotatable bonds is 4. The van der Waals surface area contributed by atoms with Gasteiger partial charge in [0.15, 0.2) is 0 Å². The Kier molecular flexibility index (Phi) is 6.28. The topological polar surface area (TPSA) is 23.6 Å². The number of alkyl halides is 3. The van der Waals surface area contributed by atoms with E-state index in [2.05, 4.69) is 4.90 Å². The fourth-order valence-corrected chi connectivity index (χ4v) is 4.16. The highest BCUT2D eigenvalue weighted by molar-refractivity contribution is 5.96. The number of halogens is 4. The first-order valence-electron chi connectivity index (χ1n) is 10.3. The van der Waals surface area contributed by atoms with E-state index in [0.29, 0.717) is 26.2 Å². The molecule has 3 aromatic rings. The second kappa shape index (κ2) is 9.12. The minimum atomic E-state index is -4.59. The first-order valence-corrected chi connectivity index (χ1v) is 10.3. The van der Waals surface area contributed by atoms with E-state index in [1.165, 1.54) is 35.2 Å². The first-order chi connectivity index (χ1) is 15.3. The minimum absolute atomic E-state index is 0.142. The summed E-state index contributed by atoms with van der Waals surface area (Å²) in [6.07, 6.45) is -4.59. The summed E-state index contributed by atoms with van der Waals surface area (Å²) in [7, 11) is 0. The van der Waals surface area contributed by atoms with E-state index in [9.17, 15) is 22.4 Å². The molecule has 1 aliphatic heterocycles. The molecule has 1 amide bonds. The van der Waals surface area contributed by atoms with Crippen molar-refractivity contribution < 1.29 is 22.4 Å². The van der Waals surface area contributed by atoms with Gasteiger partial charge in [0.2, 0.25) is 0 Å². The molecule has 32 heavy (non-hydrogen) atoms. The van der Waals surface area contributed by atoms with Crippen LogP contribution in [0.15, 0.2) is 78.9 Å². The first kappa shape index (κ1) is 22.0. The zero-order valence-electron chi connectivity index (χ0n) is 17.2. The van der Waals surface area contributed by atoms with Crippen LogP contribution in [0.5, 0.6) is 0 Å². The van der Waals surface area contributed by atoms with Crippen molar-refractivity contribution in [1.82, 2.24) is 9.80 Å². The van der Waals surface area contributed by atoms with Crippen molar-refractivity contribution in [2.45, 2.75) is 12.2 Å². The molecule has 0 radical (unpaired) electrons. The van der Waals surface area contributed by atoms with E-state index < -0.39 is 17.6 Å². The summed E-state index contributed by atoms with van der Waals surface area (Å²) < 4.78 is 53.5. The predicted molar refractivity (Wildman–Crippen MR) is 114 cm³/mol. The van der Waals surface area contributed by atoms with Crippen LogP contribution in [0.3, 0.4) is 0 Å². The van der Waals surface area contributed by atoms with Crippen LogP contribution in [0, 0.1) is 5.82 Å². The number of nitrogens with zero attached hydrogens (tertiary/aromatic N) is 2. The Morgan fingerprint density at radius 1 is 0.750 bits per heavy atom. The Morgan fingerprint density at radius 3 is 1.94 bits per heavy atom. The van der Waals surface area contributed by atoms with Gasteiger partial charge in [-0.05, 0) is 35.4 Å². The van der Waals surface area contributed by atoms with Gasteiger partial charge in [-0.2, -0.15) is 13.2 Å². The number of piperazine rings is 1. The third kappa shape index (κ3) is 4.67. The van der Waals surface area contributed by atoms with E-state index in [1.54, 1.807) is 12.1 Å². The van der Waals surface area contributed by atoms with Gasteiger partial charge in [0.1, 0.15) is 5.82 Å². The van der Waals surface area contributed by atoms with Gasteiger partial charge in [-0.1, -0.05) is 54.6 Å². The lowest BCUT2D eigenvalue weighted by Crippen LogP contribution is -2.50. The lowest BCUT2D eigenvalue weighted by atomic mass is 9.96. The van der Waals surface area contributed by atoms with Crippen molar-refractivity contribution in [3.63, 3.8) is 0 Å². The standard InChI is InChI=1S/C25H22F4N2O/c26-20-12-10-19(11-13-20)23(18-6-2-1-3-7-18)30-14-16-31(17-15-30)24(32)21-8-4-5-9-22(21)25(27,28)29/h1-13,23H,14-17H2. The van der Waals surface area contributed by atoms with Gasteiger partial charge in [-0.3, -0.25) is 9.69 Å². The summed E-state index contributed by atoms with van der Waals surface area (Å²) in [6, 6.07) is 20.8. The molecule has 3 nitrogen and oxygen atoms in total. The molecule has 1 atom stereocenters. The van der Waals surface area contributed by atoms with Crippen LogP contribution >= 0.6 is 0 Å². The van der Waals surface area contributed by atoms with Gasteiger partial charge >= 0.3 is 6.18 Å². The SMILES string of the molecule is O=C(c1ccccc1C(F)(F)F)N1CCN(C(c2ccccc2)c2ccc(F)cc2)CC1. The van der Waals surface area contributed by atoms with Crippen molar-refractivity contribution in [1.29, 1.82) is 0 Å². The molecule has 1 unspecified atom stereocenters. The zero-order chi connectivity index (χ0) is 22.7. The number of carbonyl (C=O) groups excluding carboxylic acids is 1. The predicted octanol–water partition coefficient (Wildman–Crippen LogP) is 5.39. The van der Waals surface area contributed by atoms with Crippen molar-refractivity contribution in [3.8, 4) is 0 Å². The maximum atomic E-state index is 13.5. The lowest BCUT2D eigenvalue weighted by Gasteiger charge is -2.40. The number of hydrogen-bond donors (Lipinski definition) is 0. The highest BCUT2D eigenvalue weighted by atomic mass is 19.4. The molecule has 166 valence electrons. The summed E-state index contributed by atoms with van der Waals surface area (Å²) in [5, 5.41) is 0. The summed E-state index contributed by atoms with van der Waals surface area (Å²) in [4.78, 5) is 16.5. The van der Waals surface area contributed by atoms with E-state index >= 15 is 0 Å². The zero-order valence-corrected chi connectivity index (χ0v) is 17.2. The quantitative estimate of drug-likeness (QED) is 0.506. The average Bonchev–Trinajstić information content (AvgIpc) is 2.81. The Labute approximate surface area is 183 Å². The van der Waals surface area contributed by atoms with E-state index in [0.717, 1.165) is 17.2 Å². The fourth-order valence-electron chi connectivity index (χ4n) is 4.16. The molecule has 0 N–H and O–H groups in total. The second-order valence-electron chi connectivity index (χ2n) is 7.74. The molecule has 1 heterocycles. The third-order valence-electron chi connectivity index (χ3n) is 5.73. The second-order valence-corrected chi connectivity index (χ2v) is 7.74. The van der Waals surface area contributed by atoms with Gasteiger partial charge < -0.3 is 4.90 Å². The molecule has 0 spiro atoms. The Morgan fingerprint density at radius 2 is 1.31 bits per heavy atom. The average molecular weight is 442 g/mol. The monoisotopic (exact) mass is 442 g/mol. The number of hydrogen-bond acceptors (Lipinski definition) is 2. The van der Waals surface area contributed by atoms with E-state index in [4.69, 9.17) is 0 Å². The fraction of sp³-hybridized carbons (Fsp3) is 0.240. The van der Waals surface area contributed by atoms with Gasteiger partial charge in [0, 0.05) is 26.2 Å². The van der Waals surface area contributed by atoms with Crippen LogP contribution < -0.4 is 0 Å². The largest absolute Gasteiger partial charge is 0.417 e. The number of benzene rings is 3. The van der Waals surface area contributed by atoms with E-state index in [1.807, 2.05) is 30.3 Å². The van der Waals surface area contributed by atoms with Crippen molar-refractivity contribution in [3.05, 3.63) is 107 Å². The summed E-state index contributed by atoms with van der Waals surface area (Å²) in [5.41, 5.74) is 0.702.